The van der Waals surface area contributed by atoms with E-state index in [0.29, 0.717) is 23.6 Å². The molecule has 0 saturated carbocycles. The molecule has 0 aliphatic rings. The summed E-state index contributed by atoms with van der Waals surface area (Å²) in [6, 6.07) is 13.5. The van der Waals surface area contributed by atoms with Crippen molar-refractivity contribution in [2.24, 2.45) is 0 Å². The van der Waals surface area contributed by atoms with Crippen molar-refractivity contribution in [2.45, 2.75) is 19.5 Å². The van der Waals surface area contributed by atoms with Crippen LogP contribution in [-0.2, 0) is 17.6 Å². The second-order valence-electron chi connectivity index (χ2n) is 5.92. The van der Waals surface area contributed by atoms with Crippen LogP contribution in [0.25, 0.3) is 10.6 Å². The van der Waals surface area contributed by atoms with E-state index < -0.39 is 6.61 Å². The van der Waals surface area contributed by atoms with Crippen LogP contribution in [0.1, 0.15) is 11.3 Å². The van der Waals surface area contributed by atoms with Gasteiger partial charge in [0, 0.05) is 23.9 Å². The van der Waals surface area contributed by atoms with Gasteiger partial charge in [0.2, 0.25) is 5.91 Å². The number of rotatable bonds is 8. The minimum atomic E-state index is -2.86. The summed E-state index contributed by atoms with van der Waals surface area (Å²) in [5.41, 5.74) is 2.49. The van der Waals surface area contributed by atoms with Crippen molar-refractivity contribution in [3.8, 4) is 16.3 Å². The molecule has 146 valence electrons. The van der Waals surface area contributed by atoms with Gasteiger partial charge in [0.1, 0.15) is 10.8 Å². The highest BCUT2D eigenvalue weighted by Crippen LogP contribution is 2.30. The van der Waals surface area contributed by atoms with Crippen LogP contribution in [0.4, 0.5) is 8.78 Å². The number of hydrogen-bond acceptors (Lipinski definition) is 4. The molecule has 8 heteroatoms. The molecule has 0 saturated heterocycles. The lowest BCUT2D eigenvalue weighted by Crippen LogP contribution is -2.27. The van der Waals surface area contributed by atoms with Crippen molar-refractivity contribution in [1.29, 1.82) is 0 Å². The average molecular weight is 423 g/mol. The van der Waals surface area contributed by atoms with E-state index in [1.807, 2.05) is 29.6 Å². The van der Waals surface area contributed by atoms with Crippen LogP contribution in [0.3, 0.4) is 0 Å². The molecule has 3 aromatic rings. The number of nitrogens with one attached hydrogen (secondary N) is 1. The maximum atomic E-state index is 12.1. The van der Waals surface area contributed by atoms with Gasteiger partial charge in [-0.3, -0.25) is 4.79 Å². The van der Waals surface area contributed by atoms with Gasteiger partial charge < -0.3 is 10.1 Å². The number of ether oxygens (including phenoxy) is 1. The summed E-state index contributed by atoms with van der Waals surface area (Å²) >= 11 is 7.70. The van der Waals surface area contributed by atoms with Gasteiger partial charge in [-0.05, 0) is 23.8 Å². The van der Waals surface area contributed by atoms with Crippen LogP contribution >= 0.6 is 22.9 Å². The molecule has 0 aliphatic carbocycles. The molecule has 1 heterocycles. The van der Waals surface area contributed by atoms with E-state index in [1.54, 1.807) is 12.1 Å². The van der Waals surface area contributed by atoms with Gasteiger partial charge in [-0.2, -0.15) is 8.78 Å². The maximum Gasteiger partial charge on any atom is 0.387 e. The van der Waals surface area contributed by atoms with Crippen molar-refractivity contribution in [3.63, 3.8) is 0 Å². The Morgan fingerprint density at radius 1 is 1.18 bits per heavy atom. The molecule has 0 radical (unpaired) electrons. The van der Waals surface area contributed by atoms with Crippen molar-refractivity contribution >= 4 is 28.8 Å². The number of carbonyl (C=O) groups excluding carboxylic acids is 1. The molecule has 0 unspecified atom stereocenters. The third kappa shape index (κ3) is 5.74. The zero-order valence-electron chi connectivity index (χ0n) is 14.7. The van der Waals surface area contributed by atoms with E-state index in [9.17, 15) is 13.6 Å². The molecule has 0 fully saturated rings. The summed E-state index contributed by atoms with van der Waals surface area (Å²) in [6.45, 7) is -2.41. The Hall–Kier alpha value is -2.51. The number of aromatic nitrogens is 1. The number of carbonyl (C=O) groups is 1. The molecule has 4 nitrogen and oxygen atoms in total. The lowest BCUT2D eigenvalue weighted by Gasteiger charge is -2.06. The van der Waals surface area contributed by atoms with Crippen molar-refractivity contribution in [1.82, 2.24) is 10.3 Å². The Morgan fingerprint density at radius 3 is 2.64 bits per heavy atom. The van der Waals surface area contributed by atoms with E-state index in [1.165, 1.54) is 23.5 Å². The molecule has 28 heavy (non-hydrogen) atoms. The smallest absolute Gasteiger partial charge is 0.387 e. The van der Waals surface area contributed by atoms with Gasteiger partial charge in [-0.25, -0.2) is 4.98 Å². The quantitative estimate of drug-likeness (QED) is 0.557. The normalized spacial score (nSPS) is 10.9. The standard InChI is InChI=1S/C20H17ClF2N2O2S/c21-17-4-2-1-3-16(17)19-25-14(12-28-19)9-10-24-18(26)11-13-5-7-15(8-6-13)27-20(22)23/h1-8,12,20H,9-11H2,(H,24,26). The number of thiazole rings is 1. The molecule has 0 bridgehead atoms. The summed E-state index contributed by atoms with van der Waals surface area (Å²) in [6.07, 6.45) is 0.769. The molecular formula is C20H17ClF2N2O2S. The Bertz CT molecular complexity index is 932. The minimum absolute atomic E-state index is 0.0667. The van der Waals surface area contributed by atoms with Gasteiger partial charge in [-0.15, -0.1) is 11.3 Å². The Morgan fingerprint density at radius 2 is 1.93 bits per heavy atom. The molecule has 2 aromatic carbocycles. The zero-order chi connectivity index (χ0) is 19.9. The van der Waals surface area contributed by atoms with Crippen LogP contribution in [0, 0.1) is 0 Å². The average Bonchev–Trinajstić information content (AvgIpc) is 3.12. The topological polar surface area (TPSA) is 51.2 Å². The fraction of sp³-hybridized carbons (Fsp3) is 0.200. The fourth-order valence-electron chi connectivity index (χ4n) is 2.55. The molecule has 3 rings (SSSR count). The van der Waals surface area contributed by atoms with Gasteiger partial charge in [0.15, 0.2) is 0 Å². The van der Waals surface area contributed by atoms with Crippen LogP contribution in [0.5, 0.6) is 5.75 Å². The number of nitrogens with zero attached hydrogens (tertiary/aromatic N) is 1. The van der Waals surface area contributed by atoms with Crippen LogP contribution in [0.15, 0.2) is 53.9 Å². The first-order valence-electron chi connectivity index (χ1n) is 8.51. The Kier molecular flexibility index (Phi) is 6.95. The molecule has 1 amide bonds. The molecular weight excluding hydrogens is 406 g/mol. The van der Waals surface area contributed by atoms with Crippen molar-refractivity contribution in [3.05, 3.63) is 70.2 Å². The number of amides is 1. The predicted octanol–water partition coefficient (Wildman–Crippen LogP) is 4.97. The second kappa shape index (κ2) is 9.61. The van der Waals surface area contributed by atoms with E-state index >= 15 is 0 Å². The first-order chi connectivity index (χ1) is 13.5. The third-order valence-electron chi connectivity index (χ3n) is 3.87. The predicted molar refractivity (Wildman–Crippen MR) is 106 cm³/mol. The highest BCUT2D eigenvalue weighted by molar-refractivity contribution is 7.13. The van der Waals surface area contributed by atoms with Gasteiger partial charge in [0.05, 0.1) is 17.1 Å². The van der Waals surface area contributed by atoms with Crippen LogP contribution in [-0.4, -0.2) is 24.0 Å². The molecule has 0 spiro atoms. The second-order valence-corrected chi connectivity index (χ2v) is 7.19. The molecule has 1 N–H and O–H groups in total. The SMILES string of the molecule is O=C(Cc1ccc(OC(F)F)cc1)NCCc1csc(-c2ccccc2Cl)n1. The minimum Gasteiger partial charge on any atom is -0.435 e. The lowest BCUT2D eigenvalue weighted by atomic mass is 10.1. The van der Waals surface area contributed by atoms with Gasteiger partial charge in [0.25, 0.3) is 0 Å². The largest absolute Gasteiger partial charge is 0.435 e. The maximum absolute atomic E-state index is 12.1. The molecule has 0 atom stereocenters. The van der Waals surface area contributed by atoms with E-state index in [-0.39, 0.29) is 18.1 Å². The number of hydrogen-bond donors (Lipinski definition) is 1. The van der Waals surface area contributed by atoms with Gasteiger partial charge >= 0.3 is 6.61 Å². The van der Waals surface area contributed by atoms with E-state index in [2.05, 4.69) is 15.0 Å². The first kappa shape index (κ1) is 20.2. The zero-order valence-corrected chi connectivity index (χ0v) is 16.3. The molecule has 1 aromatic heterocycles. The highest BCUT2D eigenvalue weighted by Gasteiger charge is 2.09. The van der Waals surface area contributed by atoms with Crippen LogP contribution in [0.2, 0.25) is 5.02 Å². The number of alkyl halides is 2. The summed E-state index contributed by atoms with van der Waals surface area (Å²) < 4.78 is 28.5. The monoisotopic (exact) mass is 422 g/mol. The lowest BCUT2D eigenvalue weighted by molar-refractivity contribution is -0.120. The Labute approximate surface area is 170 Å². The number of halogens is 3. The van der Waals surface area contributed by atoms with E-state index in [4.69, 9.17) is 11.6 Å². The van der Waals surface area contributed by atoms with Gasteiger partial charge in [-0.1, -0.05) is 41.9 Å². The number of benzene rings is 2. The first-order valence-corrected chi connectivity index (χ1v) is 9.77. The van der Waals surface area contributed by atoms with Crippen LogP contribution < -0.4 is 10.1 Å². The summed E-state index contributed by atoms with van der Waals surface area (Å²) in [4.78, 5) is 16.6. The summed E-state index contributed by atoms with van der Waals surface area (Å²) in [5, 5.41) is 6.29. The third-order valence-corrected chi connectivity index (χ3v) is 5.13. The fourth-order valence-corrected chi connectivity index (χ4v) is 3.72. The highest BCUT2D eigenvalue weighted by atomic mass is 35.5. The van der Waals surface area contributed by atoms with E-state index in [0.717, 1.165) is 16.3 Å². The summed E-state index contributed by atoms with van der Waals surface area (Å²) in [7, 11) is 0. The molecule has 0 aliphatic heterocycles. The summed E-state index contributed by atoms with van der Waals surface area (Å²) in [5.74, 6) is -0.0823. The van der Waals surface area contributed by atoms with Crippen molar-refractivity contribution in [2.75, 3.05) is 6.54 Å². The Balaban J connectivity index is 1.46. The van der Waals surface area contributed by atoms with Crippen molar-refractivity contribution < 1.29 is 18.3 Å².